The van der Waals surface area contributed by atoms with Gasteiger partial charge in [0.2, 0.25) is 0 Å². The van der Waals surface area contributed by atoms with E-state index in [1.807, 2.05) is 0 Å². The summed E-state index contributed by atoms with van der Waals surface area (Å²) in [4.78, 5) is 37.9. The third-order valence-electron chi connectivity index (χ3n) is 12.3. The maximum absolute atomic E-state index is 12.8. The first-order chi connectivity index (χ1) is 28.6. The van der Waals surface area contributed by atoms with Crippen LogP contribution in [0, 0.1) is 17.8 Å². The van der Waals surface area contributed by atoms with Gasteiger partial charge in [-0.2, -0.15) is 0 Å². The normalized spacial score (nSPS) is 12.6. The molecule has 0 aliphatic rings. The molecule has 6 nitrogen and oxygen atoms in total. The van der Waals surface area contributed by atoms with Crippen molar-refractivity contribution in [1.82, 2.24) is 0 Å². The monoisotopic (exact) mass is 835 g/mol. The van der Waals surface area contributed by atoms with E-state index in [0.717, 1.165) is 75.5 Å². The Hall–Kier alpha value is -1.59. The van der Waals surface area contributed by atoms with Crippen LogP contribution in [0.4, 0.5) is 0 Å². The second-order valence-electron chi connectivity index (χ2n) is 19.4. The molecule has 0 N–H and O–H groups in total. The van der Waals surface area contributed by atoms with Gasteiger partial charge in [-0.05, 0) is 37.0 Å². The summed E-state index contributed by atoms with van der Waals surface area (Å²) in [5, 5.41) is 0. The summed E-state index contributed by atoms with van der Waals surface area (Å²) < 4.78 is 16.8. The molecule has 0 rings (SSSR count). The first-order valence-electron chi connectivity index (χ1n) is 26.1. The van der Waals surface area contributed by atoms with Crippen LogP contribution in [-0.2, 0) is 28.6 Å². The molecule has 0 aromatic rings. The highest BCUT2D eigenvalue weighted by Crippen LogP contribution is 2.18. The highest BCUT2D eigenvalue weighted by Gasteiger charge is 2.19. The summed E-state index contributed by atoms with van der Waals surface area (Å²) in [7, 11) is 0. The van der Waals surface area contributed by atoms with Crippen LogP contribution in [-0.4, -0.2) is 37.2 Å². The van der Waals surface area contributed by atoms with E-state index in [2.05, 4.69) is 41.5 Å². The van der Waals surface area contributed by atoms with Crippen LogP contribution in [0.5, 0.6) is 0 Å². The third kappa shape index (κ3) is 45.8. The topological polar surface area (TPSA) is 78.9 Å². The first-order valence-corrected chi connectivity index (χ1v) is 26.1. The first kappa shape index (κ1) is 57.4. The van der Waals surface area contributed by atoms with Crippen LogP contribution in [0.1, 0.15) is 286 Å². The van der Waals surface area contributed by atoms with Crippen LogP contribution in [0.2, 0.25) is 0 Å². The maximum atomic E-state index is 12.8. The molecule has 0 saturated carbocycles. The second kappa shape index (κ2) is 44.5. The summed E-state index contributed by atoms with van der Waals surface area (Å²) in [6, 6.07) is 0. The van der Waals surface area contributed by atoms with E-state index in [0.29, 0.717) is 19.3 Å². The number of ether oxygens (including phenoxy) is 3. The van der Waals surface area contributed by atoms with Gasteiger partial charge in [-0.15, -0.1) is 0 Å². The number of esters is 3. The molecule has 0 aromatic carbocycles. The Labute approximate surface area is 368 Å². The van der Waals surface area contributed by atoms with Crippen LogP contribution < -0.4 is 0 Å². The van der Waals surface area contributed by atoms with Gasteiger partial charge in [0.15, 0.2) is 6.10 Å². The molecule has 6 heteroatoms. The number of hydrogen-bond acceptors (Lipinski definition) is 6. The van der Waals surface area contributed by atoms with Gasteiger partial charge < -0.3 is 14.2 Å². The Balaban J connectivity index is 4.30. The van der Waals surface area contributed by atoms with Crippen molar-refractivity contribution in [3.63, 3.8) is 0 Å². The third-order valence-corrected chi connectivity index (χ3v) is 12.3. The molecule has 0 heterocycles. The zero-order valence-corrected chi connectivity index (χ0v) is 40.5. The van der Waals surface area contributed by atoms with Gasteiger partial charge in [-0.25, -0.2) is 0 Å². The van der Waals surface area contributed by atoms with Crippen molar-refractivity contribution >= 4 is 17.9 Å². The van der Waals surface area contributed by atoms with E-state index in [1.165, 1.54) is 167 Å². The molecule has 0 radical (unpaired) electrons. The van der Waals surface area contributed by atoms with Crippen molar-refractivity contribution < 1.29 is 28.6 Å². The minimum atomic E-state index is -0.763. The molecule has 0 aromatic heterocycles. The second-order valence-corrected chi connectivity index (χ2v) is 19.4. The van der Waals surface area contributed by atoms with E-state index in [9.17, 15) is 14.4 Å². The maximum Gasteiger partial charge on any atom is 0.306 e. The smallest absolute Gasteiger partial charge is 0.306 e. The standard InChI is InChI=1S/C53H102O6/c1-7-49(6)41-35-29-25-26-31-37-43-52(55)58-46-50(45-57-51(54)42-36-30-23-19-16-12-14-18-22-28-34-40-48(4)5)59-53(56)44-38-32-24-20-15-11-9-8-10-13-17-21-27-33-39-47(2)3/h47-50H,7-46H2,1-6H3/t49?,50-/m0/s1. The highest BCUT2D eigenvalue weighted by atomic mass is 16.6. The average molecular weight is 835 g/mol. The van der Waals surface area contributed by atoms with Gasteiger partial charge in [-0.3, -0.25) is 14.4 Å². The summed E-state index contributed by atoms with van der Waals surface area (Å²) in [5.74, 6) is 1.63. The molecule has 0 fully saturated rings. The number of carbonyl (C=O) groups excluding carboxylic acids is 3. The quantitative estimate of drug-likeness (QED) is 0.0345. The van der Waals surface area contributed by atoms with Crippen molar-refractivity contribution in [2.45, 2.75) is 292 Å². The Kier molecular flexibility index (Phi) is 43.3. The molecule has 2 atom stereocenters. The van der Waals surface area contributed by atoms with Crippen LogP contribution in [0.25, 0.3) is 0 Å². The number of unbranched alkanes of at least 4 members (excludes halogenated alkanes) is 28. The lowest BCUT2D eigenvalue weighted by Gasteiger charge is -2.18. The molecular formula is C53H102O6. The predicted octanol–water partition coefficient (Wildman–Crippen LogP) is 16.8. The number of hydrogen-bond donors (Lipinski definition) is 0. The van der Waals surface area contributed by atoms with Crippen LogP contribution in [0.3, 0.4) is 0 Å². The molecule has 59 heavy (non-hydrogen) atoms. The number of carbonyl (C=O) groups is 3. The molecule has 350 valence electrons. The van der Waals surface area contributed by atoms with Gasteiger partial charge in [0, 0.05) is 19.3 Å². The van der Waals surface area contributed by atoms with Gasteiger partial charge in [0.05, 0.1) is 0 Å². The Morgan fingerprint density at radius 3 is 0.881 bits per heavy atom. The zero-order chi connectivity index (χ0) is 43.4. The molecular weight excluding hydrogens is 733 g/mol. The van der Waals surface area contributed by atoms with Gasteiger partial charge >= 0.3 is 17.9 Å². The fraction of sp³-hybridized carbons (Fsp3) is 0.943. The summed E-state index contributed by atoms with van der Waals surface area (Å²) in [6.07, 6.45) is 43.8. The van der Waals surface area contributed by atoms with Crippen LogP contribution in [0.15, 0.2) is 0 Å². The van der Waals surface area contributed by atoms with Crippen molar-refractivity contribution in [3.05, 3.63) is 0 Å². The minimum absolute atomic E-state index is 0.0652. The van der Waals surface area contributed by atoms with E-state index in [-0.39, 0.29) is 31.1 Å². The molecule has 0 aliphatic heterocycles. The summed E-state index contributed by atoms with van der Waals surface area (Å²) in [5.41, 5.74) is 0. The number of rotatable bonds is 46. The fourth-order valence-corrected chi connectivity index (χ4v) is 7.91. The molecule has 0 amide bonds. The van der Waals surface area contributed by atoms with E-state index < -0.39 is 6.10 Å². The van der Waals surface area contributed by atoms with E-state index in [1.54, 1.807) is 0 Å². The summed E-state index contributed by atoms with van der Waals surface area (Å²) in [6.45, 7) is 13.7. The lowest BCUT2D eigenvalue weighted by molar-refractivity contribution is -0.167. The fourth-order valence-electron chi connectivity index (χ4n) is 7.91. The van der Waals surface area contributed by atoms with Gasteiger partial charge in [0.25, 0.3) is 0 Å². The largest absolute Gasteiger partial charge is 0.462 e. The SMILES string of the molecule is CCC(C)CCCCCCCCC(=O)OC[C@H](COC(=O)CCCCCCCCCCCCCC(C)C)OC(=O)CCCCCCCCCCCCCCCCC(C)C. The molecule has 0 spiro atoms. The average Bonchev–Trinajstić information content (AvgIpc) is 3.20. The Morgan fingerprint density at radius 2 is 0.593 bits per heavy atom. The van der Waals surface area contributed by atoms with Gasteiger partial charge in [0.1, 0.15) is 13.2 Å². The van der Waals surface area contributed by atoms with E-state index >= 15 is 0 Å². The Bertz CT molecular complexity index is 916. The molecule has 0 bridgehead atoms. The van der Waals surface area contributed by atoms with Crippen molar-refractivity contribution in [2.24, 2.45) is 17.8 Å². The highest BCUT2D eigenvalue weighted by molar-refractivity contribution is 5.71. The Morgan fingerprint density at radius 1 is 0.339 bits per heavy atom. The van der Waals surface area contributed by atoms with Crippen molar-refractivity contribution in [3.8, 4) is 0 Å². The van der Waals surface area contributed by atoms with Crippen molar-refractivity contribution in [1.29, 1.82) is 0 Å². The van der Waals surface area contributed by atoms with Gasteiger partial charge in [-0.1, -0.05) is 247 Å². The molecule has 0 saturated heterocycles. The lowest BCUT2D eigenvalue weighted by Crippen LogP contribution is -2.30. The lowest BCUT2D eigenvalue weighted by atomic mass is 10.00. The minimum Gasteiger partial charge on any atom is -0.462 e. The molecule has 0 aliphatic carbocycles. The predicted molar refractivity (Wildman–Crippen MR) is 252 cm³/mol. The zero-order valence-electron chi connectivity index (χ0n) is 40.5. The van der Waals surface area contributed by atoms with E-state index in [4.69, 9.17) is 14.2 Å². The van der Waals surface area contributed by atoms with Crippen molar-refractivity contribution in [2.75, 3.05) is 13.2 Å². The molecule has 1 unspecified atom stereocenters. The van der Waals surface area contributed by atoms with Crippen LogP contribution >= 0.6 is 0 Å². The summed E-state index contributed by atoms with van der Waals surface area (Å²) >= 11 is 0.